The van der Waals surface area contributed by atoms with Crippen LogP contribution in [0.25, 0.3) is 11.1 Å². The number of likely N-dealkylation sites (tertiary alicyclic amines) is 1. The number of ether oxygens (including phenoxy) is 4. The molecule has 2 aliphatic rings. The van der Waals surface area contributed by atoms with Gasteiger partial charge in [0.1, 0.15) is 5.75 Å². The molecule has 5 rings (SSSR count). The molecule has 0 aliphatic carbocycles. The molecule has 7 heteroatoms. The molecule has 2 aliphatic heterocycles. The predicted octanol–water partition coefficient (Wildman–Crippen LogP) is 4.74. The Labute approximate surface area is 205 Å². The molecule has 0 N–H and O–H groups in total. The maximum absolute atomic E-state index is 12.9. The first-order valence-corrected chi connectivity index (χ1v) is 12.1. The lowest BCUT2D eigenvalue weighted by Crippen LogP contribution is -2.41. The van der Waals surface area contributed by atoms with Gasteiger partial charge in [-0.2, -0.15) is 0 Å². The number of methoxy groups -OCH3 is 1. The Bertz CT molecular complexity index is 1170. The standard InChI is InChI=1S/C28H30N2O5/c1-32-28-23(6-4-14-29-28)22-5-2-3-7-24(22)33-18-27(31)30-15-12-20(13-16-30)8-9-21-10-11-25-26(17-21)35-19-34-25/h2-7,10-11,14,17,20H,8-9,12-13,15-16,18-19H2,1H3. The van der Waals surface area contributed by atoms with Crippen LogP contribution in [0.4, 0.5) is 0 Å². The summed E-state index contributed by atoms with van der Waals surface area (Å²) in [6.45, 7) is 1.86. The number of benzene rings is 2. The summed E-state index contributed by atoms with van der Waals surface area (Å²) in [5.41, 5.74) is 2.96. The van der Waals surface area contributed by atoms with Crippen molar-refractivity contribution >= 4 is 5.91 Å². The van der Waals surface area contributed by atoms with Crippen molar-refractivity contribution < 1.29 is 23.7 Å². The van der Waals surface area contributed by atoms with Gasteiger partial charge >= 0.3 is 0 Å². The first-order valence-electron chi connectivity index (χ1n) is 12.1. The summed E-state index contributed by atoms with van der Waals surface area (Å²) in [6, 6.07) is 17.6. The van der Waals surface area contributed by atoms with Crippen molar-refractivity contribution in [2.24, 2.45) is 5.92 Å². The summed E-state index contributed by atoms with van der Waals surface area (Å²) in [5, 5.41) is 0. The van der Waals surface area contributed by atoms with E-state index in [1.165, 1.54) is 5.56 Å². The summed E-state index contributed by atoms with van der Waals surface area (Å²) in [6.07, 6.45) is 5.83. The SMILES string of the molecule is COc1ncccc1-c1ccccc1OCC(=O)N1CCC(CCc2ccc3c(c2)OCO3)CC1. The third kappa shape index (κ3) is 5.34. The average Bonchev–Trinajstić information content (AvgIpc) is 3.39. The van der Waals surface area contributed by atoms with Gasteiger partial charge in [-0.3, -0.25) is 4.79 Å². The van der Waals surface area contributed by atoms with Gasteiger partial charge in [0.15, 0.2) is 18.1 Å². The molecule has 1 aromatic heterocycles. The number of fused-ring (bicyclic) bond motifs is 1. The molecule has 2 aromatic carbocycles. The van der Waals surface area contributed by atoms with Crippen LogP contribution in [0.3, 0.4) is 0 Å². The number of hydrogen-bond acceptors (Lipinski definition) is 6. The number of nitrogens with zero attached hydrogens (tertiary/aromatic N) is 2. The number of carbonyl (C=O) groups excluding carboxylic acids is 1. The van der Waals surface area contributed by atoms with E-state index in [1.54, 1.807) is 13.3 Å². The van der Waals surface area contributed by atoms with Gasteiger partial charge in [-0.05, 0) is 67.5 Å². The fraction of sp³-hybridized carbons (Fsp3) is 0.357. The molecule has 1 fully saturated rings. The largest absolute Gasteiger partial charge is 0.483 e. The molecule has 1 amide bonds. The maximum atomic E-state index is 12.9. The molecular weight excluding hydrogens is 444 g/mol. The van der Waals surface area contributed by atoms with Crippen molar-refractivity contribution in [2.75, 3.05) is 33.6 Å². The summed E-state index contributed by atoms with van der Waals surface area (Å²) < 4.78 is 22.3. The van der Waals surface area contributed by atoms with Gasteiger partial charge in [0, 0.05) is 30.4 Å². The molecule has 0 radical (unpaired) electrons. The van der Waals surface area contributed by atoms with Crippen LogP contribution < -0.4 is 18.9 Å². The summed E-state index contributed by atoms with van der Waals surface area (Å²) >= 11 is 0. The van der Waals surface area contributed by atoms with Gasteiger partial charge in [0.2, 0.25) is 12.7 Å². The number of para-hydroxylation sites is 1. The number of piperidine rings is 1. The predicted molar refractivity (Wildman–Crippen MR) is 132 cm³/mol. The van der Waals surface area contributed by atoms with Crippen LogP contribution >= 0.6 is 0 Å². The van der Waals surface area contributed by atoms with E-state index in [1.807, 2.05) is 47.4 Å². The minimum Gasteiger partial charge on any atom is -0.483 e. The Morgan fingerprint density at radius 2 is 1.83 bits per heavy atom. The number of pyridine rings is 1. The van der Waals surface area contributed by atoms with Crippen LogP contribution in [0.2, 0.25) is 0 Å². The van der Waals surface area contributed by atoms with Crippen LogP contribution in [0, 0.1) is 5.92 Å². The van der Waals surface area contributed by atoms with Crippen molar-refractivity contribution in [1.82, 2.24) is 9.88 Å². The van der Waals surface area contributed by atoms with E-state index in [0.29, 0.717) is 24.3 Å². The Kier molecular flexibility index (Phi) is 7.02. The fourth-order valence-corrected chi connectivity index (χ4v) is 4.74. The first-order chi connectivity index (χ1) is 17.2. The maximum Gasteiger partial charge on any atom is 0.260 e. The second-order valence-corrected chi connectivity index (χ2v) is 8.90. The molecule has 0 spiro atoms. The van der Waals surface area contributed by atoms with Crippen LogP contribution in [-0.4, -0.2) is 49.4 Å². The van der Waals surface area contributed by atoms with Crippen molar-refractivity contribution in [2.45, 2.75) is 25.7 Å². The molecule has 0 saturated carbocycles. The highest BCUT2D eigenvalue weighted by Gasteiger charge is 2.24. The molecule has 0 unspecified atom stereocenters. The summed E-state index contributed by atoms with van der Waals surface area (Å²) in [7, 11) is 1.59. The third-order valence-electron chi connectivity index (χ3n) is 6.74. The van der Waals surface area contributed by atoms with Crippen molar-refractivity contribution in [3.05, 3.63) is 66.4 Å². The van der Waals surface area contributed by atoms with Gasteiger partial charge in [0.05, 0.1) is 7.11 Å². The lowest BCUT2D eigenvalue weighted by Gasteiger charge is -2.32. The van der Waals surface area contributed by atoms with E-state index in [0.717, 1.165) is 61.4 Å². The lowest BCUT2D eigenvalue weighted by atomic mass is 9.90. The van der Waals surface area contributed by atoms with Crippen LogP contribution in [0.1, 0.15) is 24.8 Å². The van der Waals surface area contributed by atoms with Gasteiger partial charge in [-0.15, -0.1) is 0 Å². The summed E-state index contributed by atoms with van der Waals surface area (Å²) in [4.78, 5) is 19.1. The number of carbonyl (C=O) groups is 1. The highest BCUT2D eigenvalue weighted by Crippen LogP contribution is 2.35. The Hall–Kier alpha value is -3.74. The Balaban J connectivity index is 1.11. The Morgan fingerprint density at radius 1 is 1.03 bits per heavy atom. The summed E-state index contributed by atoms with van der Waals surface area (Å²) in [5.74, 6) is 3.47. The molecule has 0 bridgehead atoms. The monoisotopic (exact) mass is 474 g/mol. The molecule has 3 aromatic rings. The van der Waals surface area contributed by atoms with Gasteiger partial charge in [0.25, 0.3) is 5.91 Å². The second-order valence-electron chi connectivity index (χ2n) is 8.90. The van der Waals surface area contributed by atoms with E-state index >= 15 is 0 Å². The number of aryl methyl sites for hydroxylation is 1. The molecule has 182 valence electrons. The number of hydrogen-bond donors (Lipinski definition) is 0. The van der Waals surface area contributed by atoms with Gasteiger partial charge in [-0.25, -0.2) is 4.98 Å². The molecule has 35 heavy (non-hydrogen) atoms. The normalized spacial score (nSPS) is 15.2. The van der Waals surface area contributed by atoms with Crippen molar-refractivity contribution in [3.8, 4) is 34.3 Å². The highest BCUT2D eigenvalue weighted by molar-refractivity contribution is 5.79. The minimum atomic E-state index is 0.0153. The Morgan fingerprint density at radius 3 is 2.69 bits per heavy atom. The minimum absolute atomic E-state index is 0.0153. The zero-order chi connectivity index (χ0) is 24.0. The van der Waals surface area contributed by atoms with Crippen molar-refractivity contribution in [3.63, 3.8) is 0 Å². The third-order valence-corrected chi connectivity index (χ3v) is 6.74. The zero-order valence-electron chi connectivity index (χ0n) is 19.9. The molecule has 7 nitrogen and oxygen atoms in total. The lowest BCUT2D eigenvalue weighted by molar-refractivity contribution is -0.134. The van der Waals surface area contributed by atoms with E-state index in [9.17, 15) is 4.79 Å². The molecule has 1 saturated heterocycles. The smallest absolute Gasteiger partial charge is 0.260 e. The van der Waals surface area contributed by atoms with Crippen molar-refractivity contribution in [1.29, 1.82) is 0 Å². The topological polar surface area (TPSA) is 70.1 Å². The fourth-order valence-electron chi connectivity index (χ4n) is 4.74. The number of amides is 1. The van der Waals surface area contributed by atoms with E-state index in [-0.39, 0.29) is 12.5 Å². The highest BCUT2D eigenvalue weighted by atomic mass is 16.7. The quantitative estimate of drug-likeness (QED) is 0.470. The van der Waals surface area contributed by atoms with Gasteiger partial charge < -0.3 is 23.8 Å². The number of aromatic nitrogens is 1. The zero-order valence-corrected chi connectivity index (χ0v) is 19.9. The van der Waals surface area contributed by atoms with Gasteiger partial charge in [-0.1, -0.05) is 24.3 Å². The molecule has 0 atom stereocenters. The number of rotatable bonds is 8. The van der Waals surface area contributed by atoms with Crippen LogP contribution in [0.5, 0.6) is 23.1 Å². The molecular formula is C28H30N2O5. The van der Waals surface area contributed by atoms with Crippen LogP contribution in [0.15, 0.2) is 60.8 Å². The second kappa shape index (κ2) is 10.7. The molecule has 3 heterocycles. The first kappa shape index (κ1) is 23.0. The van der Waals surface area contributed by atoms with Crippen LogP contribution in [-0.2, 0) is 11.2 Å². The average molecular weight is 475 g/mol. The van der Waals surface area contributed by atoms with E-state index in [4.69, 9.17) is 18.9 Å². The van der Waals surface area contributed by atoms with E-state index < -0.39 is 0 Å². The van der Waals surface area contributed by atoms with E-state index in [2.05, 4.69) is 17.1 Å².